The maximum Gasteiger partial charge on any atom is 0.267 e. The van der Waals surface area contributed by atoms with Crippen LogP contribution in [0.1, 0.15) is 26.3 Å². The lowest BCUT2D eigenvalue weighted by atomic mass is 9.97. The van der Waals surface area contributed by atoms with Gasteiger partial charge in [0.2, 0.25) is 0 Å². The number of nitrogens with one attached hydrogen (secondary N) is 2. The maximum atomic E-state index is 11.0. The summed E-state index contributed by atoms with van der Waals surface area (Å²) in [7, 11) is 0. The van der Waals surface area contributed by atoms with E-state index >= 15 is 0 Å². The molecule has 0 aliphatic heterocycles. The number of nitrogens with zero attached hydrogens (tertiary/aromatic N) is 2. The van der Waals surface area contributed by atoms with Gasteiger partial charge in [0.25, 0.3) is 5.91 Å². The highest BCUT2D eigenvalue weighted by Crippen LogP contribution is 2.16. The van der Waals surface area contributed by atoms with Crippen molar-refractivity contribution in [3.63, 3.8) is 0 Å². The molecule has 2 rings (SSSR count). The molecule has 1 aromatic heterocycles. The Hall–Kier alpha value is -2.18. The largest absolute Gasteiger partial charge is 0.329 e. The second-order valence-corrected chi connectivity index (χ2v) is 6.73. The van der Waals surface area contributed by atoms with Crippen LogP contribution in [0.5, 0.6) is 0 Å². The van der Waals surface area contributed by atoms with Gasteiger partial charge in [0, 0.05) is 25.7 Å². The lowest BCUT2D eigenvalue weighted by Gasteiger charge is -2.18. The molecular formula is C17H24N4O2. The zero-order valence-corrected chi connectivity index (χ0v) is 13.8. The first-order chi connectivity index (χ1) is 10.9. The molecule has 0 bridgehead atoms. The molecule has 0 unspecified atom stereocenters. The van der Waals surface area contributed by atoms with E-state index in [2.05, 4.69) is 35.6 Å². The third kappa shape index (κ3) is 5.19. The Labute approximate surface area is 136 Å². The van der Waals surface area contributed by atoms with E-state index in [0.29, 0.717) is 0 Å². The molecule has 1 amide bonds. The first-order valence-corrected chi connectivity index (χ1v) is 7.67. The van der Waals surface area contributed by atoms with Crippen molar-refractivity contribution in [2.75, 3.05) is 13.1 Å². The van der Waals surface area contributed by atoms with Crippen molar-refractivity contribution in [1.29, 1.82) is 0 Å². The minimum Gasteiger partial charge on any atom is -0.329 e. The van der Waals surface area contributed by atoms with E-state index in [1.807, 2.05) is 24.5 Å². The minimum absolute atomic E-state index is 0.277. The molecule has 0 spiro atoms. The third-order valence-corrected chi connectivity index (χ3v) is 3.37. The van der Waals surface area contributed by atoms with Crippen molar-refractivity contribution in [2.45, 2.75) is 27.3 Å². The van der Waals surface area contributed by atoms with Crippen LogP contribution in [0.15, 0.2) is 30.6 Å². The number of carbonyl (C=O) groups excluding carboxylic acids is 1. The first kappa shape index (κ1) is 17.2. The van der Waals surface area contributed by atoms with Gasteiger partial charge in [-0.1, -0.05) is 26.8 Å². The van der Waals surface area contributed by atoms with Crippen molar-refractivity contribution in [3.05, 3.63) is 36.2 Å². The number of hydrogen-bond acceptors (Lipinski definition) is 4. The van der Waals surface area contributed by atoms with Crippen LogP contribution in [0.2, 0.25) is 0 Å². The summed E-state index contributed by atoms with van der Waals surface area (Å²) in [4.78, 5) is 15.4. The SMILES string of the molecule is CC(C)(C)CNCCn1cnc2cc(C=CC(=O)NO)ccc21. The smallest absolute Gasteiger partial charge is 0.267 e. The number of amides is 1. The first-order valence-electron chi connectivity index (χ1n) is 7.67. The highest BCUT2D eigenvalue weighted by molar-refractivity contribution is 5.91. The van der Waals surface area contributed by atoms with Gasteiger partial charge in [0.15, 0.2) is 0 Å². The van der Waals surface area contributed by atoms with Gasteiger partial charge in [0.1, 0.15) is 0 Å². The van der Waals surface area contributed by atoms with Crippen molar-refractivity contribution in [2.24, 2.45) is 5.41 Å². The summed E-state index contributed by atoms with van der Waals surface area (Å²) < 4.78 is 2.11. The zero-order chi connectivity index (χ0) is 16.9. The van der Waals surface area contributed by atoms with E-state index < -0.39 is 5.91 Å². The van der Waals surface area contributed by atoms with E-state index in [0.717, 1.165) is 36.2 Å². The van der Waals surface area contributed by atoms with Gasteiger partial charge in [-0.2, -0.15) is 0 Å². The summed E-state index contributed by atoms with van der Waals surface area (Å²) in [6.07, 6.45) is 4.74. The van der Waals surface area contributed by atoms with Crippen LogP contribution in [0.4, 0.5) is 0 Å². The molecule has 6 nitrogen and oxygen atoms in total. The third-order valence-electron chi connectivity index (χ3n) is 3.37. The normalized spacial score (nSPS) is 12.2. The van der Waals surface area contributed by atoms with Crippen molar-refractivity contribution in [3.8, 4) is 0 Å². The Morgan fingerprint density at radius 3 is 2.87 bits per heavy atom. The summed E-state index contributed by atoms with van der Waals surface area (Å²) >= 11 is 0. The molecule has 0 radical (unpaired) electrons. The number of hydrogen-bond donors (Lipinski definition) is 3. The van der Waals surface area contributed by atoms with Gasteiger partial charge in [-0.05, 0) is 29.2 Å². The monoisotopic (exact) mass is 316 g/mol. The van der Waals surface area contributed by atoms with E-state index in [1.165, 1.54) is 6.08 Å². The average Bonchev–Trinajstić information content (AvgIpc) is 2.90. The molecule has 0 saturated carbocycles. The van der Waals surface area contributed by atoms with Crippen LogP contribution in [-0.4, -0.2) is 33.8 Å². The number of carbonyl (C=O) groups is 1. The number of imidazole rings is 1. The van der Waals surface area contributed by atoms with Crippen LogP contribution in [-0.2, 0) is 11.3 Å². The zero-order valence-electron chi connectivity index (χ0n) is 13.8. The van der Waals surface area contributed by atoms with Gasteiger partial charge in [-0.3, -0.25) is 10.0 Å². The van der Waals surface area contributed by atoms with Crippen LogP contribution in [0.25, 0.3) is 17.1 Å². The van der Waals surface area contributed by atoms with E-state index in [1.54, 1.807) is 11.6 Å². The topological polar surface area (TPSA) is 79.2 Å². The predicted octanol–water partition coefficient (Wildman–Crippen LogP) is 2.19. The second-order valence-electron chi connectivity index (χ2n) is 6.73. The van der Waals surface area contributed by atoms with Crippen LogP contribution >= 0.6 is 0 Å². The predicted molar refractivity (Wildman–Crippen MR) is 91.0 cm³/mol. The second kappa shape index (κ2) is 7.39. The summed E-state index contributed by atoms with van der Waals surface area (Å²) in [5, 5.41) is 11.9. The molecule has 23 heavy (non-hydrogen) atoms. The Balaban J connectivity index is 2.01. The number of benzene rings is 1. The Kier molecular flexibility index (Phi) is 5.52. The standard InChI is InChI=1S/C17H24N4O2/c1-17(2,3)11-18-8-9-21-12-19-14-10-13(4-6-15(14)21)5-7-16(22)20-23/h4-7,10,12,18,23H,8-9,11H2,1-3H3,(H,20,22). The minimum atomic E-state index is -0.555. The number of aromatic nitrogens is 2. The fourth-order valence-electron chi connectivity index (χ4n) is 2.23. The molecule has 124 valence electrons. The highest BCUT2D eigenvalue weighted by Gasteiger charge is 2.09. The van der Waals surface area contributed by atoms with E-state index in [-0.39, 0.29) is 5.41 Å². The molecule has 0 aliphatic carbocycles. The molecule has 6 heteroatoms. The molecule has 0 aliphatic rings. The Bertz CT molecular complexity index is 698. The quantitative estimate of drug-likeness (QED) is 0.330. The number of fused-ring (bicyclic) bond motifs is 1. The molecule has 0 saturated heterocycles. The molecule has 2 aromatic rings. The molecular weight excluding hydrogens is 292 g/mol. The fourth-order valence-corrected chi connectivity index (χ4v) is 2.23. The summed E-state index contributed by atoms with van der Waals surface area (Å²) in [5.74, 6) is -0.555. The lowest BCUT2D eigenvalue weighted by Crippen LogP contribution is -2.29. The molecule has 1 aromatic carbocycles. The van der Waals surface area contributed by atoms with Crippen LogP contribution in [0.3, 0.4) is 0 Å². The Morgan fingerprint density at radius 2 is 2.17 bits per heavy atom. The summed E-state index contributed by atoms with van der Waals surface area (Å²) in [5.41, 5.74) is 4.64. The Morgan fingerprint density at radius 1 is 1.39 bits per heavy atom. The fraction of sp³-hybridized carbons (Fsp3) is 0.412. The molecule has 0 fully saturated rings. The number of hydroxylamine groups is 1. The van der Waals surface area contributed by atoms with Crippen molar-refractivity contribution >= 4 is 23.0 Å². The van der Waals surface area contributed by atoms with Crippen molar-refractivity contribution < 1.29 is 10.0 Å². The highest BCUT2D eigenvalue weighted by atomic mass is 16.5. The van der Waals surface area contributed by atoms with Crippen LogP contribution in [0, 0.1) is 5.41 Å². The average molecular weight is 316 g/mol. The summed E-state index contributed by atoms with van der Waals surface area (Å²) in [6, 6.07) is 5.82. The molecule has 0 atom stereocenters. The van der Waals surface area contributed by atoms with Gasteiger partial charge in [0.05, 0.1) is 17.4 Å². The van der Waals surface area contributed by atoms with Crippen molar-refractivity contribution in [1.82, 2.24) is 20.3 Å². The number of rotatable bonds is 6. The van der Waals surface area contributed by atoms with Gasteiger partial charge >= 0.3 is 0 Å². The van der Waals surface area contributed by atoms with Crippen LogP contribution < -0.4 is 10.8 Å². The van der Waals surface area contributed by atoms with Gasteiger partial charge in [-0.25, -0.2) is 10.5 Å². The van der Waals surface area contributed by atoms with Gasteiger partial charge in [-0.15, -0.1) is 0 Å². The lowest BCUT2D eigenvalue weighted by molar-refractivity contribution is -0.124. The van der Waals surface area contributed by atoms with E-state index in [9.17, 15) is 4.79 Å². The summed E-state index contributed by atoms with van der Waals surface area (Å²) in [6.45, 7) is 9.34. The maximum absolute atomic E-state index is 11.0. The molecule has 3 N–H and O–H groups in total. The van der Waals surface area contributed by atoms with Gasteiger partial charge < -0.3 is 9.88 Å². The van der Waals surface area contributed by atoms with E-state index in [4.69, 9.17) is 5.21 Å². The molecule has 1 heterocycles.